The largest absolute Gasteiger partial charge is 0.508 e. The second-order valence-corrected chi connectivity index (χ2v) is 10.6. The number of phenolic OH excluding ortho intramolecular Hbond substituents is 1. The van der Waals surface area contributed by atoms with Crippen LogP contribution >= 0.6 is 0 Å². The lowest BCUT2D eigenvalue weighted by Crippen LogP contribution is -2.63. The molecular formula is C30H25F3N4O2. The number of rotatable bonds is 2. The summed E-state index contributed by atoms with van der Waals surface area (Å²) in [5.41, 5.74) is 1.09. The first-order valence-electron chi connectivity index (χ1n) is 13.0. The lowest BCUT2D eigenvalue weighted by molar-refractivity contribution is 0.111. The number of fused-ring (bicyclic) bond motifs is 6. The first-order valence-corrected chi connectivity index (χ1v) is 13.0. The van der Waals surface area contributed by atoms with Crippen molar-refractivity contribution in [2.24, 2.45) is 0 Å². The van der Waals surface area contributed by atoms with E-state index in [1.54, 1.807) is 6.92 Å². The maximum absolute atomic E-state index is 16.7. The Morgan fingerprint density at radius 1 is 1.15 bits per heavy atom. The van der Waals surface area contributed by atoms with Crippen LogP contribution in [0.3, 0.4) is 0 Å². The van der Waals surface area contributed by atoms with Gasteiger partial charge in [-0.3, -0.25) is 0 Å². The number of terminal acetylenes is 1. The number of benzene rings is 2. The van der Waals surface area contributed by atoms with Crippen LogP contribution in [0.4, 0.5) is 19.0 Å². The van der Waals surface area contributed by atoms with Gasteiger partial charge < -0.3 is 20.1 Å². The summed E-state index contributed by atoms with van der Waals surface area (Å²) >= 11 is 0. The number of halogens is 3. The molecule has 0 saturated carbocycles. The van der Waals surface area contributed by atoms with Gasteiger partial charge in [0.1, 0.15) is 29.8 Å². The van der Waals surface area contributed by atoms with Crippen LogP contribution in [0.25, 0.3) is 32.8 Å². The third-order valence-electron chi connectivity index (χ3n) is 8.50. The molecule has 9 heteroatoms. The van der Waals surface area contributed by atoms with Crippen molar-refractivity contribution in [2.45, 2.75) is 50.9 Å². The van der Waals surface area contributed by atoms with Crippen molar-refractivity contribution in [1.82, 2.24) is 15.3 Å². The van der Waals surface area contributed by atoms with E-state index in [1.165, 1.54) is 24.3 Å². The van der Waals surface area contributed by atoms with Gasteiger partial charge in [-0.1, -0.05) is 12.0 Å². The number of aromatic hydroxyl groups is 1. The molecule has 4 unspecified atom stereocenters. The lowest BCUT2D eigenvalue weighted by atomic mass is 9.94. The fraction of sp³-hybridized carbons (Fsp3) is 0.333. The SMILES string of the molecule is C#Cc1c(F)ccc2cc(O)cc(-c3nc4c5c(nc(C)c(C)c5c3F)N3CC5CCC(N5)C3C(CF)O4)c12. The molecule has 7 rings (SSSR count). The molecule has 2 N–H and O–H groups in total. The van der Waals surface area contributed by atoms with Gasteiger partial charge in [0, 0.05) is 40.7 Å². The second kappa shape index (κ2) is 8.48. The zero-order valence-corrected chi connectivity index (χ0v) is 21.4. The van der Waals surface area contributed by atoms with E-state index in [0.29, 0.717) is 34.4 Å². The molecule has 2 aromatic heterocycles. The zero-order valence-electron chi connectivity index (χ0n) is 21.4. The Labute approximate surface area is 222 Å². The molecule has 0 aliphatic carbocycles. The van der Waals surface area contributed by atoms with E-state index >= 15 is 4.39 Å². The summed E-state index contributed by atoms with van der Waals surface area (Å²) in [4.78, 5) is 11.5. The number of piperazine rings is 1. The molecule has 5 heterocycles. The summed E-state index contributed by atoms with van der Waals surface area (Å²) in [5, 5.41) is 15.4. The van der Waals surface area contributed by atoms with Crippen LogP contribution in [0.1, 0.15) is 29.7 Å². The van der Waals surface area contributed by atoms with Crippen LogP contribution in [-0.4, -0.2) is 52.5 Å². The summed E-state index contributed by atoms with van der Waals surface area (Å²) in [5.74, 6) is 1.45. The van der Waals surface area contributed by atoms with E-state index in [2.05, 4.69) is 21.1 Å². The number of aryl methyl sites for hydroxylation is 2. The molecular weight excluding hydrogens is 505 g/mol. The summed E-state index contributed by atoms with van der Waals surface area (Å²) in [7, 11) is 0. The summed E-state index contributed by atoms with van der Waals surface area (Å²) < 4.78 is 52.4. The zero-order chi connectivity index (χ0) is 27.2. The van der Waals surface area contributed by atoms with Crippen LogP contribution in [0.15, 0.2) is 24.3 Å². The predicted molar refractivity (Wildman–Crippen MR) is 143 cm³/mol. The van der Waals surface area contributed by atoms with Crippen LogP contribution < -0.4 is 15.0 Å². The van der Waals surface area contributed by atoms with Gasteiger partial charge >= 0.3 is 0 Å². The van der Waals surface area contributed by atoms with Crippen LogP contribution in [0, 0.1) is 37.8 Å². The number of pyridine rings is 2. The van der Waals surface area contributed by atoms with Gasteiger partial charge in [-0.2, -0.15) is 0 Å². The maximum atomic E-state index is 16.7. The first kappa shape index (κ1) is 24.0. The number of ether oxygens (including phenoxy) is 1. The van der Waals surface area contributed by atoms with E-state index in [1.807, 2.05) is 6.92 Å². The predicted octanol–water partition coefficient (Wildman–Crippen LogP) is 5.07. The highest BCUT2D eigenvalue weighted by atomic mass is 19.1. The van der Waals surface area contributed by atoms with Gasteiger partial charge in [-0.15, -0.1) is 6.42 Å². The number of anilines is 1. The second-order valence-electron chi connectivity index (χ2n) is 10.6. The number of phenols is 1. The number of alkyl halides is 1. The molecule has 4 aromatic rings. The maximum Gasteiger partial charge on any atom is 0.226 e. The topological polar surface area (TPSA) is 70.5 Å². The molecule has 0 spiro atoms. The molecule has 0 radical (unpaired) electrons. The molecule has 3 aliphatic heterocycles. The highest BCUT2D eigenvalue weighted by Crippen LogP contribution is 2.46. The van der Waals surface area contributed by atoms with Gasteiger partial charge in [0.05, 0.1) is 17.0 Å². The Morgan fingerprint density at radius 3 is 2.74 bits per heavy atom. The average molecular weight is 531 g/mol. The summed E-state index contributed by atoms with van der Waals surface area (Å²) in [6.45, 7) is 3.40. The smallest absolute Gasteiger partial charge is 0.226 e. The first-order chi connectivity index (χ1) is 18.8. The normalized spacial score (nSPS) is 23.4. The highest BCUT2D eigenvalue weighted by molar-refractivity contribution is 6.06. The van der Waals surface area contributed by atoms with Crippen molar-refractivity contribution in [2.75, 3.05) is 18.1 Å². The minimum atomic E-state index is -0.870. The fourth-order valence-electron chi connectivity index (χ4n) is 6.67. The number of aromatic nitrogens is 2. The minimum Gasteiger partial charge on any atom is -0.508 e. The standard InChI is InChI=1S/C30H25F3N4O2/c1-4-18-20(32)7-5-15-9-17(38)10-19(24(15)18)27-26(33)23-13(2)14(3)34-29-25(23)30(36-27)39-22(11-31)28-21-8-6-16(35-21)12-37(28)29/h1,5,7,9-10,16,21-22,28,35,38H,6,8,11-12H2,2-3H3. The third kappa shape index (κ3) is 3.34. The molecule has 198 valence electrons. The van der Waals surface area contributed by atoms with Crippen molar-refractivity contribution < 1.29 is 23.0 Å². The van der Waals surface area contributed by atoms with E-state index in [4.69, 9.17) is 16.1 Å². The molecule has 39 heavy (non-hydrogen) atoms. The Kier molecular flexibility index (Phi) is 5.23. The number of hydrogen-bond donors (Lipinski definition) is 2. The van der Waals surface area contributed by atoms with Gasteiger partial charge in [0.15, 0.2) is 11.9 Å². The summed E-state index contributed by atoms with van der Waals surface area (Å²) in [6.07, 6.45) is 6.62. The van der Waals surface area contributed by atoms with Crippen molar-refractivity contribution >= 4 is 27.4 Å². The van der Waals surface area contributed by atoms with Crippen LogP contribution in [0.2, 0.25) is 0 Å². The Hall–Kier alpha value is -4.03. The highest BCUT2D eigenvalue weighted by Gasteiger charge is 2.48. The third-order valence-corrected chi connectivity index (χ3v) is 8.50. The number of hydrogen-bond acceptors (Lipinski definition) is 6. The molecule has 2 fully saturated rings. The Bertz CT molecular complexity index is 1750. The monoisotopic (exact) mass is 530 g/mol. The Morgan fingerprint density at radius 2 is 1.97 bits per heavy atom. The van der Waals surface area contributed by atoms with Crippen molar-refractivity contribution in [3.63, 3.8) is 0 Å². The van der Waals surface area contributed by atoms with Crippen molar-refractivity contribution in [3.8, 4) is 35.2 Å². The fourth-order valence-corrected chi connectivity index (χ4v) is 6.67. The number of nitrogens with one attached hydrogen (secondary N) is 1. The van der Waals surface area contributed by atoms with Crippen molar-refractivity contribution in [1.29, 1.82) is 0 Å². The minimum absolute atomic E-state index is 0.00207. The lowest BCUT2D eigenvalue weighted by Gasteiger charge is -2.43. The molecule has 2 saturated heterocycles. The quantitative estimate of drug-likeness (QED) is 0.353. The Balaban J connectivity index is 1.58. The molecule has 2 bridgehead atoms. The van der Waals surface area contributed by atoms with E-state index < -0.39 is 24.4 Å². The van der Waals surface area contributed by atoms with Crippen LogP contribution in [0.5, 0.6) is 11.6 Å². The summed E-state index contributed by atoms with van der Waals surface area (Å²) in [6, 6.07) is 5.28. The molecule has 3 aliphatic rings. The molecule has 6 nitrogen and oxygen atoms in total. The van der Waals surface area contributed by atoms with Gasteiger partial charge in [0.25, 0.3) is 0 Å². The molecule has 0 amide bonds. The van der Waals surface area contributed by atoms with Gasteiger partial charge in [-0.05, 0) is 55.8 Å². The van der Waals surface area contributed by atoms with Gasteiger partial charge in [-0.25, -0.2) is 23.1 Å². The molecule has 2 aromatic carbocycles. The van der Waals surface area contributed by atoms with Gasteiger partial charge in [0.2, 0.25) is 5.88 Å². The van der Waals surface area contributed by atoms with E-state index in [0.717, 1.165) is 12.8 Å². The van der Waals surface area contributed by atoms with Crippen LogP contribution in [-0.2, 0) is 0 Å². The van der Waals surface area contributed by atoms with E-state index in [-0.39, 0.29) is 57.3 Å². The van der Waals surface area contributed by atoms with E-state index in [9.17, 15) is 13.9 Å². The molecule has 4 atom stereocenters. The van der Waals surface area contributed by atoms with Crippen molar-refractivity contribution in [3.05, 3.63) is 52.7 Å². The average Bonchev–Trinajstić information content (AvgIpc) is 3.24. The number of nitrogens with zero attached hydrogens (tertiary/aromatic N) is 3.